The Morgan fingerprint density at radius 2 is 0.741 bits per heavy atom. The normalized spacial score (nSPS) is 13.9. The summed E-state index contributed by atoms with van der Waals surface area (Å²) in [4.78, 5) is 2.64. The molecule has 2 heteroatoms. The highest BCUT2D eigenvalue weighted by atomic mass is 15.1. The molecule has 0 spiro atoms. The van der Waals surface area contributed by atoms with Gasteiger partial charge in [-0.1, -0.05) is 170 Å². The Balaban J connectivity index is 1.13. The maximum Gasteiger partial charge on any atom is 0.321 e. The van der Waals surface area contributed by atoms with E-state index in [0.717, 1.165) is 0 Å². The van der Waals surface area contributed by atoms with Crippen molar-refractivity contribution in [3.63, 3.8) is 0 Å². The number of allylic oxidation sites excluding steroid dienone is 2. The summed E-state index contributed by atoms with van der Waals surface area (Å²) in [5, 5.41) is 23.5. The van der Waals surface area contributed by atoms with Gasteiger partial charge in [0, 0.05) is 22.3 Å². The van der Waals surface area contributed by atoms with Gasteiger partial charge >= 0.3 is 6.85 Å². The Kier molecular flexibility index (Phi) is 5.50. The van der Waals surface area contributed by atoms with Crippen molar-refractivity contribution in [2.24, 2.45) is 0 Å². The van der Waals surface area contributed by atoms with Gasteiger partial charge in [0.25, 0.3) is 0 Å². The van der Waals surface area contributed by atoms with Gasteiger partial charge in [-0.2, -0.15) is 0 Å². The van der Waals surface area contributed by atoms with E-state index in [1.54, 1.807) is 0 Å². The van der Waals surface area contributed by atoms with Crippen LogP contribution in [0, 0.1) is 0 Å². The highest BCUT2D eigenvalue weighted by Gasteiger charge is 2.33. The van der Waals surface area contributed by atoms with Crippen molar-refractivity contribution in [2.45, 2.75) is 0 Å². The molecule has 0 fully saturated rings. The van der Waals surface area contributed by atoms with Crippen LogP contribution in [0.2, 0.25) is 0 Å². The lowest BCUT2D eigenvalue weighted by molar-refractivity contribution is 1.41. The van der Waals surface area contributed by atoms with E-state index in [-0.39, 0.29) is 6.85 Å². The molecular weight excluding hydrogens is 649 g/mol. The van der Waals surface area contributed by atoms with Crippen LogP contribution in [0.25, 0.3) is 103 Å². The molecule has 0 radical (unpaired) electrons. The lowest BCUT2D eigenvalue weighted by Crippen LogP contribution is -2.48. The summed E-state index contributed by atoms with van der Waals surface area (Å²) in [6.07, 6.45) is 4.64. The summed E-state index contributed by atoms with van der Waals surface area (Å²) < 4.78 is 0. The minimum atomic E-state index is -0.0495. The van der Waals surface area contributed by atoms with E-state index in [1.165, 1.54) is 119 Å². The van der Waals surface area contributed by atoms with Crippen LogP contribution in [-0.4, -0.2) is 6.85 Å². The highest BCUT2D eigenvalue weighted by Crippen LogP contribution is 2.45. The van der Waals surface area contributed by atoms with Crippen molar-refractivity contribution in [1.82, 2.24) is 0 Å². The maximum absolute atomic E-state index is 2.64. The van der Waals surface area contributed by atoms with Crippen LogP contribution >= 0.6 is 0 Å². The number of hydrogen-bond acceptors (Lipinski definition) is 1. The van der Waals surface area contributed by atoms with Gasteiger partial charge in [0.1, 0.15) is 0 Å². The Morgan fingerprint density at radius 1 is 0.333 bits per heavy atom. The van der Waals surface area contributed by atoms with Crippen LogP contribution in [0.3, 0.4) is 0 Å². The van der Waals surface area contributed by atoms with Crippen molar-refractivity contribution >= 4 is 121 Å². The molecule has 54 heavy (non-hydrogen) atoms. The lowest BCUT2D eigenvalue weighted by Gasteiger charge is -2.37. The Bertz CT molecular complexity index is 3530. The first-order valence-corrected chi connectivity index (χ1v) is 19.0. The van der Waals surface area contributed by atoms with Crippen molar-refractivity contribution in [2.75, 3.05) is 4.81 Å². The van der Waals surface area contributed by atoms with Gasteiger partial charge in [0.05, 0.1) is 0 Å². The van der Waals surface area contributed by atoms with Crippen LogP contribution in [0.15, 0.2) is 182 Å². The molecule has 0 saturated heterocycles. The fraction of sp³-hybridized carbons (Fsp3) is 0. The third kappa shape index (κ3) is 3.69. The molecule has 246 valence electrons. The fourth-order valence-electron chi connectivity index (χ4n) is 10.2. The van der Waals surface area contributed by atoms with E-state index in [1.807, 2.05) is 0 Å². The molecule has 0 saturated carbocycles. The quantitative estimate of drug-likeness (QED) is 0.133. The molecule has 0 N–H and O–H groups in total. The third-order valence-corrected chi connectivity index (χ3v) is 12.5. The van der Waals surface area contributed by atoms with E-state index in [4.69, 9.17) is 0 Å². The monoisotopic (exact) mass is 679 g/mol. The minimum Gasteiger partial charge on any atom is -0.376 e. The van der Waals surface area contributed by atoms with E-state index >= 15 is 0 Å². The summed E-state index contributed by atoms with van der Waals surface area (Å²) in [6.45, 7) is -0.0495. The number of nitrogens with zero attached hydrogens (tertiary/aromatic N) is 1. The summed E-state index contributed by atoms with van der Waals surface area (Å²) >= 11 is 0. The van der Waals surface area contributed by atoms with Crippen molar-refractivity contribution < 1.29 is 0 Å². The Morgan fingerprint density at radius 3 is 1.31 bits per heavy atom. The van der Waals surface area contributed by atoms with E-state index in [0.29, 0.717) is 0 Å². The molecular formula is C52H30BN. The summed E-state index contributed by atoms with van der Waals surface area (Å²) in [7, 11) is 0. The van der Waals surface area contributed by atoms with E-state index in [2.05, 4.69) is 187 Å². The largest absolute Gasteiger partial charge is 0.376 e. The van der Waals surface area contributed by atoms with Crippen LogP contribution in [0.4, 0.5) is 5.69 Å². The molecule has 0 unspecified atom stereocenters. The summed E-state index contributed by atoms with van der Waals surface area (Å²) in [6, 6.07) is 61.9. The number of benzene rings is 12. The average molecular weight is 680 g/mol. The second-order valence-corrected chi connectivity index (χ2v) is 15.2. The van der Waals surface area contributed by atoms with Crippen LogP contribution in [0.5, 0.6) is 0 Å². The van der Waals surface area contributed by atoms with E-state index < -0.39 is 0 Å². The molecule has 0 aliphatic carbocycles. The van der Waals surface area contributed by atoms with Crippen molar-refractivity contribution in [1.29, 1.82) is 0 Å². The molecule has 0 aromatic heterocycles. The zero-order valence-corrected chi connectivity index (χ0v) is 29.3. The molecule has 0 amide bonds. The van der Waals surface area contributed by atoms with Gasteiger partial charge in [-0.05, 0) is 109 Å². The number of hydrogen-bond donors (Lipinski definition) is 0. The SMILES string of the molecule is C1=CB(c2ccc3ccc4cccc5ccc2c3c45)N(c2ccc3ccc4cccc5ccc2c3c45)C(c2ccc3ccc4cccc5ccc2c3c45)=C1. The third-order valence-electron chi connectivity index (χ3n) is 12.5. The first-order chi connectivity index (χ1) is 26.8. The lowest BCUT2D eigenvalue weighted by atomic mass is 9.51. The van der Waals surface area contributed by atoms with Crippen molar-refractivity contribution in [3.05, 3.63) is 187 Å². The van der Waals surface area contributed by atoms with Gasteiger partial charge in [-0.15, -0.1) is 0 Å². The summed E-state index contributed by atoms with van der Waals surface area (Å²) in [5.74, 6) is 2.41. The molecule has 1 aliphatic heterocycles. The molecule has 0 atom stereocenters. The van der Waals surface area contributed by atoms with Crippen LogP contribution in [-0.2, 0) is 0 Å². The molecule has 0 bridgehead atoms. The molecule has 1 heterocycles. The number of anilines is 1. The van der Waals surface area contributed by atoms with E-state index in [9.17, 15) is 0 Å². The Hall–Kier alpha value is -6.90. The second kappa shape index (κ2) is 10.4. The molecule has 1 aliphatic rings. The zero-order chi connectivity index (χ0) is 35.1. The highest BCUT2D eigenvalue weighted by molar-refractivity contribution is 6.85. The van der Waals surface area contributed by atoms with Crippen molar-refractivity contribution in [3.8, 4) is 0 Å². The summed E-state index contributed by atoms with van der Waals surface area (Å²) in [5.41, 5.74) is 4.99. The smallest absolute Gasteiger partial charge is 0.321 e. The van der Waals surface area contributed by atoms with Gasteiger partial charge < -0.3 is 4.81 Å². The topological polar surface area (TPSA) is 3.24 Å². The molecule has 12 aromatic carbocycles. The molecule has 13 rings (SSSR count). The maximum atomic E-state index is 2.64. The predicted molar refractivity (Wildman–Crippen MR) is 235 cm³/mol. The predicted octanol–water partition coefficient (Wildman–Crippen LogP) is 13.2. The van der Waals surface area contributed by atoms with Gasteiger partial charge in [-0.3, -0.25) is 0 Å². The van der Waals surface area contributed by atoms with Crippen LogP contribution in [0.1, 0.15) is 5.56 Å². The van der Waals surface area contributed by atoms with Gasteiger partial charge in [0.15, 0.2) is 0 Å². The first kappa shape index (κ1) is 28.7. The molecule has 12 aromatic rings. The van der Waals surface area contributed by atoms with Crippen LogP contribution < -0.4 is 10.3 Å². The first-order valence-electron chi connectivity index (χ1n) is 19.0. The molecule has 1 nitrogen and oxygen atoms in total. The standard InChI is InChI=1S/C52H30BN/c1-5-31-12-15-37-18-24-40(41-25-19-34(8-1)47(31)50(37)41)45-11-4-30-53(44-28-22-38-16-13-32-6-2-9-35-20-26-42(44)51(38)48(32)35)54(45)46-29-23-39-17-14-33-7-3-10-36-21-27-43(46)52(39)49(33)36/h1-30H. The minimum absolute atomic E-state index is 0.0495. The fourth-order valence-corrected chi connectivity index (χ4v) is 10.2. The van der Waals surface area contributed by atoms with Gasteiger partial charge in [0.2, 0.25) is 0 Å². The number of rotatable bonds is 3. The van der Waals surface area contributed by atoms with Gasteiger partial charge in [-0.25, -0.2) is 0 Å². The second-order valence-electron chi connectivity index (χ2n) is 15.2. The zero-order valence-electron chi connectivity index (χ0n) is 29.3. The average Bonchev–Trinajstić information content (AvgIpc) is 3.23. The Labute approximate surface area is 311 Å².